The highest BCUT2D eigenvalue weighted by Gasteiger charge is 2.21. The normalized spacial score (nSPS) is 19.4. The lowest BCUT2D eigenvalue weighted by molar-refractivity contribution is 0.253. The topological polar surface area (TPSA) is 32.5 Å². The maximum absolute atomic E-state index is 5.95. The molecule has 1 aromatic rings. The van der Waals surface area contributed by atoms with Crippen LogP contribution in [0.15, 0.2) is 22.7 Å². The molecule has 1 aliphatic rings. The summed E-state index contributed by atoms with van der Waals surface area (Å²) >= 11 is 3.63. The first-order valence-electron chi connectivity index (χ1n) is 6.95. The van der Waals surface area contributed by atoms with Gasteiger partial charge in [-0.15, -0.1) is 0 Å². The second-order valence-electron chi connectivity index (χ2n) is 5.64. The summed E-state index contributed by atoms with van der Waals surface area (Å²) in [6.45, 7) is 4.39. The van der Waals surface area contributed by atoms with Crippen LogP contribution in [0.25, 0.3) is 0 Å². The molecule has 1 saturated heterocycles. The maximum Gasteiger partial charge on any atom is 0.0377 e. The minimum Gasteiger partial charge on any atom is -0.371 e. The molecular formula is C15H24BrN3. The third-order valence-corrected chi connectivity index (χ3v) is 4.80. The molecular weight excluding hydrogens is 302 g/mol. The van der Waals surface area contributed by atoms with Gasteiger partial charge in [-0.25, -0.2) is 0 Å². The molecule has 19 heavy (non-hydrogen) atoms. The molecule has 0 bridgehead atoms. The molecule has 0 radical (unpaired) electrons. The van der Waals surface area contributed by atoms with Crippen molar-refractivity contribution in [2.24, 2.45) is 5.73 Å². The van der Waals surface area contributed by atoms with Gasteiger partial charge in [-0.1, -0.05) is 22.0 Å². The highest BCUT2D eigenvalue weighted by Crippen LogP contribution is 2.29. The van der Waals surface area contributed by atoms with Crippen molar-refractivity contribution in [2.45, 2.75) is 31.8 Å². The number of likely N-dealkylation sites (tertiary alicyclic amines) is 1. The van der Waals surface area contributed by atoms with E-state index >= 15 is 0 Å². The summed E-state index contributed by atoms with van der Waals surface area (Å²) in [7, 11) is 4.40. The van der Waals surface area contributed by atoms with Gasteiger partial charge in [-0.05, 0) is 57.6 Å². The molecule has 2 rings (SSSR count). The van der Waals surface area contributed by atoms with Crippen LogP contribution in [-0.4, -0.2) is 38.1 Å². The maximum atomic E-state index is 5.95. The number of anilines is 1. The Balaban J connectivity index is 2.11. The summed E-state index contributed by atoms with van der Waals surface area (Å²) in [6.07, 6.45) is 2.47. The highest BCUT2D eigenvalue weighted by atomic mass is 79.9. The fourth-order valence-corrected chi connectivity index (χ4v) is 3.43. The number of rotatable bonds is 3. The van der Waals surface area contributed by atoms with Crippen LogP contribution < -0.4 is 10.6 Å². The molecule has 2 N–H and O–H groups in total. The van der Waals surface area contributed by atoms with Crippen molar-refractivity contribution in [3.05, 3.63) is 28.2 Å². The van der Waals surface area contributed by atoms with Gasteiger partial charge in [-0.2, -0.15) is 0 Å². The molecule has 1 aromatic carbocycles. The molecule has 1 aliphatic heterocycles. The molecule has 1 heterocycles. The van der Waals surface area contributed by atoms with Crippen molar-refractivity contribution in [2.75, 3.05) is 32.1 Å². The van der Waals surface area contributed by atoms with Crippen LogP contribution in [0.5, 0.6) is 0 Å². The quantitative estimate of drug-likeness (QED) is 0.927. The van der Waals surface area contributed by atoms with E-state index in [-0.39, 0.29) is 6.04 Å². The Morgan fingerprint density at radius 3 is 2.53 bits per heavy atom. The molecule has 0 aliphatic carbocycles. The summed E-state index contributed by atoms with van der Waals surface area (Å²) in [6, 6.07) is 7.22. The van der Waals surface area contributed by atoms with Crippen molar-refractivity contribution < 1.29 is 0 Å². The van der Waals surface area contributed by atoms with Crippen LogP contribution in [0.1, 0.15) is 31.4 Å². The van der Waals surface area contributed by atoms with Crippen molar-refractivity contribution >= 4 is 21.6 Å². The number of piperidine rings is 1. The molecule has 3 nitrogen and oxygen atoms in total. The highest BCUT2D eigenvalue weighted by molar-refractivity contribution is 9.10. The van der Waals surface area contributed by atoms with Gasteiger partial charge in [0.15, 0.2) is 0 Å². The number of nitrogens with two attached hydrogens (primary N) is 1. The Morgan fingerprint density at radius 2 is 2.00 bits per heavy atom. The summed E-state index contributed by atoms with van der Waals surface area (Å²) in [5, 5.41) is 0. The predicted octanol–water partition coefficient (Wildman–Crippen LogP) is 3.00. The van der Waals surface area contributed by atoms with E-state index < -0.39 is 0 Å². The summed E-state index contributed by atoms with van der Waals surface area (Å²) in [5.41, 5.74) is 8.39. The Morgan fingerprint density at radius 1 is 1.37 bits per heavy atom. The van der Waals surface area contributed by atoms with Crippen LogP contribution in [0.2, 0.25) is 0 Å². The molecule has 1 fully saturated rings. The van der Waals surface area contributed by atoms with Crippen molar-refractivity contribution in [3.8, 4) is 0 Å². The van der Waals surface area contributed by atoms with Gasteiger partial charge in [0.05, 0.1) is 0 Å². The molecule has 0 aromatic heterocycles. The number of nitrogens with zero attached hydrogens (tertiary/aromatic N) is 2. The first kappa shape index (κ1) is 14.8. The smallest absolute Gasteiger partial charge is 0.0377 e. The minimum atomic E-state index is 0.0667. The monoisotopic (exact) mass is 325 g/mol. The van der Waals surface area contributed by atoms with Gasteiger partial charge < -0.3 is 15.5 Å². The van der Waals surface area contributed by atoms with Crippen molar-refractivity contribution in [1.29, 1.82) is 0 Å². The predicted molar refractivity (Wildman–Crippen MR) is 85.7 cm³/mol. The second kappa shape index (κ2) is 6.25. The van der Waals surface area contributed by atoms with E-state index in [0.717, 1.165) is 4.47 Å². The van der Waals surface area contributed by atoms with E-state index in [1.807, 2.05) is 6.92 Å². The summed E-state index contributed by atoms with van der Waals surface area (Å²) < 4.78 is 1.11. The first-order chi connectivity index (χ1) is 8.99. The Kier molecular flexibility index (Phi) is 4.87. The van der Waals surface area contributed by atoms with Crippen molar-refractivity contribution in [3.63, 3.8) is 0 Å². The lowest BCUT2D eigenvalue weighted by atomic mass is 10.0. The van der Waals surface area contributed by atoms with E-state index in [4.69, 9.17) is 5.73 Å². The van der Waals surface area contributed by atoms with Gasteiger partial charge in [0.2, 0.25) is 0 Å². The molecule has 4 heteroatoms. The largest absolute Gasteiger partial charge is 0.371 e. The van der Waals surface area contributed by atoms with E-state index in [1.165, 1.54) is 37.2 Å². The first-order valence-corrected chi connectivity index (χ1v) is 7.74. The van der Waals surface area contributed by atoms with Gasteiger partial charge in [0.25, 0.3) is 0 Å². The van der Waals surface area contributed by atoms with Gasteiger partial charge in [0, 0.05) is 29.3 Å². The number of hydrogen-bond donors (Lipinski definition) is 1. The van der Waals surface area contributed by atoms with Gasteiger partial charge in [0.1, 0.15) is 0 Å². The molecule has 0 spiro atoms. The SMILES string of the molecule is C[C@H](N)c1ccc(N(C)C2CCN(C)CC2)cc1Br. The van der Waals surface area contributed by atoms with Crippen LogP contribution in [0.3, 0.4) is 0 Å². The van der Waals surface area contributed by atoms with Gasteiger partial charge >= 0.3 is 0 Å². The number of halogens is 1. The van der Waals surface area contributed by atoms with Crippen LogP contribution in [0.4, 0.5) is 5.69 Å². The molecule has 0 saturated carbocycles. The summed E-state index contributed by atoms with van der Waals surface area (Å²) in [4.78, 5) is 4.81. The number of benzene rings is 1. The average molecular weight is 326 g/mol. The van der Waals surface area contributed by atoms with Gasteiger partial charge in [-0.3, -0.25) is 0 Å². The molecule has 0 unspecified atom stereocenters. The zero-order valence-electron chi connectivity index (χ0n) is 12.1. The van der Waals surface area contributed by atoms with E-state index in [1.54, 1.807) is 0 Å². The fraction of sp³-hybridized carbons (Fsp3) is 0.600. The Hall–Kier alpha value is -0.580. The third kappa shape index (κ3) is 3.50. The zero-order chi connectivity index (χ0) is 14.0. The Bertz CT molecular complexity index is 425. The molecule has 106 valence electrons. The number of hydrogen-bond acceptors (Lipinski definition) is 3. The summed E-state index contributed by atoms with van der Waals surface area (Å²) in [5.74, 6) is 0. The molecule has 1 atom stereocenters. The standard InChI is InChI=1S/C15H24BrN3/c1-11(17)14-5-4-13(10-15(14)16)19(3)12-6-8-18(2)9-7-12/h4-5,10-12H,6-9,17H2,1-3H3/t11-/m0/s1. The minimum absolute atomic E-state index is 0.0667. The Labute approximate surface area is 124 Å². The fourth-order valence-electron chi connectivity index (χ4n) is 2.70. The van der Waals surface area contributed by atoms with Crippen molar-refractivity contribution in [1.82, 2.24) is 4.90 Å². The lowest BCUT2D eigenvalue weighted by Crippen LogP contribution is -2.42. The van der Waals surface area contributed by atoms with Crippen LogP contribution in [-0.2, 0) is 0 Å². The van der Waals surface area contributed by atoms with Crippen LogP contribution >= 0.6 is 15.9 Å². The van der Waals surface area contributed by atoms with E-state index in [9.17, 15) is 0 Å². The van der Waals surface area contributed by atoms with E-state index in [2.05, 4.69) is 58.0 Å². The van der Waals surface area contributed by atoms with Crippen LogP contribution in [0, 0.1) is 0 Å². The third-order valence-electron chi connectivity index (χ3n) is 4.12. The molecule has 0 amide bonds. The zero-order valence-corrected chi connectivity index (χ0v) is 13.7. The average Bonchev–Trinajstić information content (AvgIpc) is 2.38. The lowest BCUT2D eigenvalue weighted by Gasteiger charge is -2.36. The van der Waals surface area contributed by atoms with E-state index in [0.29, 0.717) is 6.04 Å². The second-order valence-corrected chi connectivity index (χ2v) is 6.49.